The average Bonchev–Trinajstić information content (AvgIpc) is 3.05. The minimum atomic E-state index is -1.00. The Kier molecular flexibility index (Phi) is 5.89. The fourth-order valence-electron chi connectivity index (χ4n) is 7.25. The standard InChI is InChI=1S/C35H24N4O8/c1-3-4-5-6-15(2)37-30(42)18-11-13-22-27-23(14-12-19(25(18)27)31(37)43)35(47)39(34(22)46)38-32(44)20-9-7-16-24-17(29(41)36-28(16)40)8-10-21(26(20)24)33(38)45/h7-15H,3-6H2,1-2H3,(H,36,40,41). The first-order valence-electron chi connectivity index (χ1n) is 15.3. The molecule has 1 unspecified atom stereocenters. The number of benzene rings is 4. The molecule has 4 aliphatic heterocycles. The summed E-state index contributed by atoms with van der Waals surface area (Å²) in [6.07, 6.45) is 3.42. The minimum Gasteiger partial charge on any atom is -0.288 e. The highest BCUT2D eigenvalue weighted by molar-refractivity contribution is 6.37. The highest BCUT2D eigenvalue weighted by Gasteiger charge is 2.48. The first-order chi connectivity index (χ1) is 22.6. The molecular weight excluding hydrogens is 604 g/mol. The zero-order valence-electron chi connectivity index (χ0n) is 25.1. The van der Waals surface area contributed by atoms with Crippen LogP contribution < -0.4 is 5.32 Å². The molecule has 4 aromatic rings. The number of hydrogen-bond donors (Lipinski definition) is 1. The number of amides is 8. The second kappa shape index (κ2) is 9.73. The molecule has 47 heavy (non-hydrogen) atoms. The summed E-state index contributed by atoms with van der Waals surface area (Å²) in [7, 11) is 0. The predicted molar refractivity (Wildman–Crippen MR) is 165 cm³/mol. The lowest BCUT2D eigenvalue weighted by atomic mass is 9.85. The van der Waals surface area contributed by atoms with Crippen LogP contribution in [-0.4, -0.2) is 68.2 Å². The van der Waals surface area contributed by atoms with Crippen molar-refractivity contribution < 1.29 is 38.4 Å². The lowest BCUT2D eigenvalue weighted by Gasteiger charge is -2.38. The van der Waals surface area contributed by atoms with Crippen LogP contribution >= 0.6 is 0 Å². The van der Waals surface area contributed by atoms with Gasteiger partial charge in [0, 0.05) is 49.8 Å². The first kappa shape index (κ1) is 28.4. The molecule has 1 N–H and O–H groups in total. The number of nitrogens with one attached hydrogen (secondary N) is 1. The fourth-order valence-corrected chi connectivity index (χ4v) is 7.25. The average molecular weight is 629 g/mol. The van der Waals surface area contributed by atoms with E-state index in [1.807, 2.05) is 6.92 Å². The topological polar surface area (TPSA) is 158 Å². The molecule has 4 aliphatic rings. The van der Waals surface area contributed by atoms with Gasteiger partial charge >= 0.3 is 0 Å². The Labute approximate surface area is 265 Å². The normalized spacial score (nSPS) is 17.4. The molecule has 4 heterocycles. The van der Waals surface area contributed by atoms with Gasteiger partial charge in [-0.05, 0) is 61.9 Å². The summed E-state index contributed by atoms with van der Waals surface area (Å²) in [6.45, 7) is 3.88. The Bertz CT molecular complexity index is 2150. The van der Waals surface area contributed by atoms with Crippen LogP contribution in [0, 0.1) is 0 Å². The van der Waals surface area contributed by atoms with Gasteiger partial charge in [0.25, 0.3) is 47.3 Å². The van der Waals surface area contributed by atoms with Gasteiger partial charge in [-0.2, -0.15) is 10.0 Å². The molecule has 1 atom stereocenters. The van der Waals surface area contributed by atoms with Crippen LogP contribution in [0.2, 0.25) is 0 Å². The van der Waals surface area contributed by atoms with Crippen molar-refractivity contribution in [2.45, 2.75) is 45.6 Å². The van der Waals surface area contributed by atoms with E-state index in [2.05, 4.69) is 12.2 Å². The molecule has 0 saturated heterocycles. The number of hydrogen-bond acceptors (Lipinski definition) is 8. The lowest BCUT2D eigenvalue weighted by molar-refractivity contribution is 0.00211. The number of hydrazine groups is 1. The van der Waals surface area contributed by atoms with Crippen molar-refractivity contribution in [1.29, 1.82) is 0 Å². The fraction of sp³-hybridized carbons (Fsp3) is 0.200. The third-order valence-corrected chi connectivity index (χ3v) is 9.49. The molecule has 0 bridgehead atoms. The zero-order chi connectivity index (χ0) is 33.0. The Morgan fingerprint density at radius 3 is 1.17 bits per heavy atom. The predicted octanol–water partition coefficient (Wildman–Crippen LogP) is 4.25. The third-order valence-electron chi connectivity index (χ3n) is 9.49. The Morgan fingerprint density at radius 2 is 0.809 bits per heavy atom. The first-order valence-corrected chi connectivity index (χ1v) is 15.3. The number of carbonyl (C=O) groups excluding carboxylic acids is 8. The highest BCUT2D eigenvalue weighted by atomic mass is 16.2. The van der Waals surface area contributed by atoms with E-state index in [0.29, 0.717) is 16.4 Å². The molecule has 0 fully saturated rings. The summed E-state index contributed by atoms with van der Waals surface area (Å²) >= 11 is 0. The molecule has 0 aromatic heterocycles. The molecule has 0 spiro atoms. The van der Waals surface area contributed by atoms with Crippen molar-refractivity contribution in [2.75, 3.05) is 0 Å². The zero-order valence-corrected chi connectivity index (χ0v) is 25.1. The summed E-state index contributed by atoms with van der Waals surface area (Å²) in [6, 6.07) is 10.5. The SMILES string of the molecule is CCCCCC(C)N1C(=O)c2ccc3c4c(ccc(c24)C1=O)C(=O)N(N1C(=O)c2ccc4c5c(ccc(c25)C1=O)C(=O)NC4=O)C3=O. The van der Waals surface area contributed by atoms with Crippen molar-refractivity contribution in [2.24, 2.45) is 0 Å². The Morgan fingerprint density at radius 1 is 0.489 bits per heavy atom. The molecule has 8 amide bonds. The van der Waals surface area contributed by atoms with E-state index >= 15 is 0 Å². The minimum absolute atomic E-state index is 0.0656. The lowest BCUT2D eigenvalue weighted by Crippen LogP contribution is -2.58. The molecular formula is C35H24N4O8. The van der Waals surface area contributed by atoms with Crippen molar-refractivity contribution in [1.82, 2.24) is 20.2 Å². The van der Waals surface area contributed by atoms with Gasteiger partial charge in [-0.25, -0.2) is 0 Å². The maximum absolute atomic E-state index is 14.1. The van der Waals surface area contributed by atoms with E-state index in [1.54, 1.807) is 0 Å². The van der Waals surface area contributed by atoms with Crippen LogP contribution in [0.5, 0.6) is 0 Å². The molecule has 4 aromatic carbocycles. The van der Waals surface area contributed by atoms with Crippen LogP contribution in [0.4, 0.5) is 0 Å². The van der Waals surface area contributed by atoms with Crippen molar-refractivity contribution >= 4 is 68.8 Å². The summed E-state index contributed by atoms with van der Waals surface area (Å²) in [4.78, 5) is 110. The molecule has 12 heteroatoms. The smallest absolute Gasteiger partial charge is 0.281 e. The maximum Gasteiger partial charge on any atom is 0.281 e. The van der Waals surface area contributed by atoms with Crippen LogP contribution in [0.1, 0.15) is 122 Å². The molecule has 232 valence electrons. The van der Waals surface area contributed by atoms with E-state index in [1.165, 1.54) is 53.4 Å². The van der Waals surface area contributed by atoms with Crippen molar-refractivity contribution in [3.8, 4) is 0 Å². The monoisotopic (exact) mass is 628 g/mol. The van der Waals surface area contributed by atoms with Crippen molar-refractivity contribution in [3.63, 3.8) is 0 Å². The number of imide groups is 4. The largest absolute Gasteiger partial charge is 0.288 e. The Balaban J connectivity index is 1.23. The number of nitrogens with zero attached hydrogens (tertiary/aromatic N) is 3. The van der Waals surface area contributed by atoms with E-state index in [9.17, 15) is 38.4 Å². The van der Waals surface area contributed by atoms with Gasteiger partial charge in [0.05, 0.1) is 22.3 Å². The number of rotatable bonds is 6. The van der Waals surface area contributed by atoms with E-state index in [-0.39, 0.29) is 72.1 Å². The van der Waals surface area contributed by atoms with E-state index < -0.39 is 47.3 Å². The molecule has 0 aliphatic carbocycles. The summed E-state index contributed by atoms with van der Waals surface area (Å²) in [5.74, 6) is -6.41. The van der Waals surface area contributed by atoms with Gasteiger partial charge in [-0.15, -0.1) is 0 Å². The molecule has 8 rings (SSSR count). The van der Waals surface area contributed by atoms with E-state index in [0.717, 1.165) is 19.3 Å². The molecule has 12 nitrogen and oxygen atoms in total. The van der Waals surface area contributed by atoms with Crippen LogP contribution in [0.25, 0.3) is 21.5 Å². The second-order valence-corrected chi connectivity index (χ2v) is 12.1. The summed E-state index contributed by atoms with van der Waals surface area (Å²) in [5.41, 5.74) is 0.265. The van der Waals surface area contributed by atoms with Gasteiger partial charge in [-0.3, -0.25) is 48.6 Å². The van der Waals surface area contributed by atoms with E-state index in [4.69, 9.17) is 0 Å². The summed E-state index contributed by atoms with van der Waals surface area (Å²) in [5, 5.41) is 3.66. The van der Waals surface area contributed by atoms with Gasteiger partial charge in [0.2, 0.25) is 0 Å². The third kappa shape index (κ3) is 3.57. The Hall–Kier alpha value is -6.04. The van der Waals surface area contributed by atoms with Crippen LogP contribution in [0.3, 0.4) is 0 Å². The second-order valence-electron chi connectivity index (χ2n) is 12.1. The molecule has 0 radical (unpaired) electrons. The molecule has 0 saturated carbocycles. The van der Waals surface area contributed by atoms with Gasteiger partial charge in [-0.1, -0.05) is 26.2 Å². The van der Waals surface area contributed by atoms with Crippen LogP contribution in [-0.2, 0) is 0 Å². The maximum atomic E-state index is 14.1. The van der Waals surface area contributed by atoms with Gasteiger partial charge in [0.15, 0.2) is 0 Å². The quantitative estimate of drug-likeness (QED) is 0.245. The van der Waals surface area contributed by atoms with Gasteiger partial charge < -0.3 is 0 Å². The van der Waals surface area contributed by atoms with Crippen LogP contribution in [0.15, 0.2) is 48.5 Å². The van der Waals surface area contributed by atoms with Gasteiger partial charge in [0.1, 0.15) is 0 Å². The van der Waals surface area contributed by atoms with Crippen molar-refractivity contribution in [3.05, 3.63) is 93.0 Å². The number of carbonyl (C=O) groups is 8. The number of unbranched alkanes of at least 4 members (excludes halogenated alkanes) is 2. The summed E-state index contributed by atoms with van der Waals surface area (Å²) < 4.78 is 0. The highest BCUT2D eigenvalue weighted by Crippen LogP contribution is 2.41.